The number of fused-ring (bicyclic) bond motifs is 6. The number of nitrogens with zero attached hydrogens (tertiary/aromatic N) is 2. The number of hydrogen-bond acceptors (Lipinski definition) is 2. The summed E-state index contributed by atoms with van der Waals surface area (Å²) in [6.45, 7) is 1.27. The van der Waals surface area contributed by atoms with Crippen LogP contribution in [0.3, 0.4) is 0 Å². The van der Waals surface area contributed by atoms with E-state index in [1.807, 2.05) is 6.20 Å². The van der Waals surface area contributed by atoms with Crippen LogP contribution in [-0.2, 0) is 0 Å². The molecule has 4 heterocycles. The molecule has 0 amide bonds. The van der Waals surface area contributed by atoms with Crippen molar-refractivity contribution in [3.63, 3.8) is 0 Å². The molecule has 3 aliphatic rings. The molecule has 3 aromatic rings. The van der Waals surface area contributed by atoms with E-state index in [-0.39, 0.29) is 0 Å². The molecule has 0 bridgehead atoms. The second kappa shape index (κ2) is 6.59. The fourth-order valence-corrected chi connectivity index (χ4v) is 5.84. The monoisotopic (exact) mass is 369 g/mol. The number of benzene rings is 1. The number of allylic oxidation sites excluding steroid dienone is 2. The molecule has 1 N–H and O–H groups in total. The highest BCUT2D eigenvalue weighted by molar-refractivity contribution is 6.09. The Kier molecular flexibility index (Phi) is 3.90. The molecule has 2 aliphatic heterocycles. The smallest absolute Gasteiger partial charge is 0.0899 e. The van der Waals surface area contributed by atoms with Gasteiger partial charge in [-0.2, -0.15) is 0 Å². The average molecular weight is 370 g/mol. The Labute approximate surface area is 166 Å². The third-order valence-electron chi connectivity index (χ3n) is 7.16. The first-order valence-corrected chi connectivity index (χ1v) is 10.9. The minimum Gasteiger partial charge on any atom is -0.353 e. The molecule has 6 rings (SSSR count). The van der Waals surface area contributed by atoms with Crippen molar-refractivity contribution in [1.82, 2.24) is 14.9 Å². The molecular weight excluding hydrogens is 342 g/mol. The van der Waals surface area contributed by atoms with E-state index in [0.29, 0.717) is 6.04 Å². The van der Waals surface area contributed by atoms with Gasteiger partial charge in [0.1, 0.15) is 0 Å². The van der Waals surface area contributed by atoms with Crippen LogP contribution in [0.25, 0.3) is 27.4 Å². The van der Waals surface area contributed by atoms with Gasteiger partial charge < -0.3 is 4.98 Å². The van der Waals surface area contributed by atoms with Gasteiger partial charge in [0.2, 0.25) is 0 Å². The summed E-state index contributed by atoms with van der Waals surface area (Å²) in [5.74, 6) is 0.759. The summed E-state index contributed by atoms with van der Waals surface area (Å²) in [6, 6.07) is 12.1. The first kappa shape index (κ1) is 16.6. The lowest BCUT2D eigenvalue weighted by atomic mass is 9.83. The number of H-pyrrole nitrogens is 1. The van der Waals surface area contributed by atoms with Gasteiger partial charge in [-0.25, -0.2) is 0 Å². The third-order valence-corrected chi connectivity index (χ3v) is 7.16. The molecule has 1 saturated heterocycles. The van der Waals surface area contributed by atoms with Crippen LogP contribution in [0.5, 0.6) is 0 Å². The lowest BCUT2D eigenvalue weighted by Crippen LogP contribution is -2.38. The maximum atomic E-state index is 4.83. The molecule has 2 aromatic heterocycles. The van der Waals surface area contributed by atoms with Crippen molar-refractivity contribution in [2.24, 2.45) is 5.92 Å². The minimum absolute atomic E-state index is 0.653. The molecule has 3 nitrogen and oxygen atoms in total. The van der Waals surface area contributed by atoms with E-state index in [2.05, 4.69) is 58.4 Å². The van der Waals surface area contributed by atoms with Crippen LogP contribution in [0.1, 0.15) is 44.2 Å². The molecule has 0 saturated carbocycles. The first-order chi connectivity index (χ1) is 13.9. The molecule has 142 valence electrons. The van der Waals surface area contributed by atoms with Gasteiger partial charge in [0, 0.05) is 34.6 Å². The topological polar surface area (TPSA) is 31.9 Å². The predicted molar refractivity (Wildman–Crippen MR) is 116 cm³/mol. The van der Waals surface area contributed by atoms with E-state index < -0.39 is 0 Å². The Morgan fingerprint density at radius 3 is 3.04 bits per heavy atom. The molecular formula is C25H27N3. The Bertz CT molecular complexity index is 1090. The molecule has 1 aliphatic carbocycles. The van der Waals surface area contributed by atoms with Crippen LogP contribution in [0.2, 0.25) is 0 Å². The highest BCUT2D eigenvalue weighted by Gasteiger charge is 2.41. The van der Waals surface area contributed by atoms with E-state index in [9.17, 15) is 0 Å². The van der Waals surface area contributed by atoms with E-state index in [1.54, 1.807) is 0 Å². The van der Waals surface area contributed by atoms with Crippen molar-refractivity contribution in [3.05, 3.63) is 60.5 Å². The normalized spacial score (nSPS) is 29.1. The summed E-state index contributed by atoms with van der Waals surface area (Å²) in [4.78, 5) is 11.3. The highest BCUT2D eigenvalue weighted by atomic mass is 15.2. The van der Waals surface area contributed by atoms with Gasteiger partial charge in [-0.05, 0) is 68.7 Å². The molecule has 0 spiro atoms. The van der Waals surface area contributed by atoms with Crippen LogP contribution in [0, 0.1) is 5.92 Å². The zero-order chi connectivity index (χ0) is 18.5. The van der Waals surface area contributed by atoms with E-state index in [1.165, 1.54) is 71.7 Å². The molecule has 1 fully saturated rings. The second-order valence-electron chi connectivity index (χ2n) is 8.71. The Morgan fingerprint density at radius 2 is 2.04 bits per heavy atom. The summed E-state index contributed by atoms with van der Waals surface area (Å²) in [7, 11) is 0. The number of hydrogen-bond donors (Lipinski definition) is 1. The zero-order valence-corrected chi connectivity index (χ0v) is 16.3. The summed E-state index contributed by atoms with van der Waals surface area (Å²) in [5.41, 5.74) is 5.02. The van der Waals surface area contributed by atoms with E-state index in [4.69, 9.17) is 4.98 Å². The average Bonchev–Trinajstić information content (AvgIpc) is 3.25. The highest BCUT2D eigenvalue weighted by Crippen LogP contribution is 2.44. The van der Waals surface area contributed by atoms with Crippen molar-refractivity contribution in [1.29, 1.82) is 0 Å². The molecule has 28 heavy (non-hydrogen) atoms. The number of pyridine rings is 1. The zero-order valence-electron chi connectivity index (χ0n) is 16.3. The number of nitrogens with one attached hydrogen (secondary N) is 1. The maximum absolute atomic E-state index is 4.83. The quantitative estimate of drug-likeness (QED) is 0.559. The Balaban J connectivity index is 1.37. The standard InChI is InChI=1S/C25H27N3/c1-2-6-14-28-19(7-3-1)16-18-15-17(10-11-23(18)28)24-25-21(12-13-26-24)20-8-4-5-9-22(20)27-25/h3-5,7-10,12-13,18-19,23,27H,1-2,6,11,14-16H2/b7-3-/t18-,19+,23-/m1/s1. The number of aromatic nitrogens is 2. The molecule has 0 radical (unpaired) electrons. The SMILES string of the molecule is C1=C(c2nccc3c2[nH]c2ccccc23)C[C@@H]2C[C@@H]3/C=C\CCCCN3[C@@H]2C1. The maximum Gasteiger partial charge on any atom is 0.0899 e. The summed E-state index contributed by atoms with van der Waals surface area (Å²) >= 11 is 0. The third kappa shape index (κ3) is 2.56. The predicted octanol–water partition coefficient (Wildman–Crippen LogP) is 5.69. The van der Waals surface area contributed by atoms with Gasteiger partial charge in [0.05, 0.1) is 11.2 Å². The summed E-state index contributed by atoms with van der Waals surface area (Å²) in [5, 5.41) is 2.59. The first-order valence-electron chi connectivity index (χ1n) is 10.9. The van der Waals surface area contributed by atoms with Gasteiger partial charge in [-0.1, -0.05) is 36.4 Å². The second-order valence-corrected chi connectivity index (χ2v) is 8.71. The summed E-state index contributed by atoms with van der Waals surface area (Å²) in [6.07, 6.45) is 17.0. The fraction of sp³-hybridized carbons (Fsp3) is 0.400. The molecule has 0 unspecified atom stereocenters. The van der Waals surface area contributed by atoms with Gasteiger partial charge in [-0.3, -0.25) is 9.88 Å². The Morgan fingerprint density at radius 1 is 1.07 bits per heavy atom. The van der Waals surface area contributed by atoms with Gasteiger partial charge in [0.15, 0.2) is 0 Å². The van der Waals surface area contributed by atoms with Gasteiger partial charge in [-0.15, -0.1) is 0 Å². The minimum atomic E-state index is 0.653. The van der Waals surface area contributed by atoms with Crippen LogP contribution < -0.4 is 0 Å². The fourth-order valence-electron chi connectivity index (χ4n) is 5.84. The molecule has 3 atom stereocenters. The number of para-hydroxylation sites is 1. The van der Waals surface area contributed by atoms with Gasteiger partial charge in [0.25, 0.3) is 0 Å². The summed E-state index contributed by atoms with van der Waals surface area (Å²) < 4.78 is 0. The molecule has 1 aromatic carbocycles. The van der Waals surface area contributed by atoms with Gasteiger partial charge >= 0.3 is 0 Å². The Hall–Kier alpha value is -2.39. The van der Waals surface area contributed by atoms with Crippen molar-refractivity contribution >= 4 is 27.4 Å². The largest absolute Gasteiger partial charge is 0.353 e. The van der Waals surface area contributed by atoms with Crippen LogP contribution in [-0.4, -0.2) is 33.5 Å². The van der Waals surface area contributed by atoms with Crippen molar-refractivity contribution in [2.75, 3.05) is 6.54 Å². The van der Waals surface area contributed by atoms with Crippen LogP contribution >= 0.6 is 0 Å². The number of aromatic amines is 1. The van der Waals surface area contributed by atoms with Crippen LogP contribution in [0.15, 0.2) is 54.8 Å². The molecule has 3 heteroatoms. The van der Waals surface area contributed by atoms with E-state index >= 15 is 0 Å². The lowest BCUT2D eigenvalue weighted by molar-refractivity contribution is 0.192. The van der Waals surface area contributed by atoms with Crippen molar-refractivity contribution in [3.8, 4) is 0 Å². The van der Waals surface area contributed by atoms with Crippen molar-refractivity contribution < 1.29 is 0 Å². The van der Waals surface area contributed by atoms with E-state index in [0.717, 1.165) is 18.4 Å². The van der Waals surface area contributed by atoms with Crippen LogP contribution in [0.4, 0.5) is 0 Å². The number of rotatable bonds is 1. The van der Waals surface area contributed by atoms with Crippen molar-refractivity contribution in [2.45, 2.75) is 50.6 Å². The lowest BCUT2D eigenvalue weighted by Gasteiger charge is -2.33.